The highest BCUT2D eigenvalue weighted by Crippen LogP contribution is 2.27. The molecule has 0 aliphatic carbocycles. The molecule has 0 radical (unpaired) electrons. The van der Waals surface area contributed by atoms with Gasteiger partial charge >= 0.3 is 0 Å². The van der Waals surface area contributed by atoms with Gasteiger partial charge in [0.2, 0.25) is 0 Å². The molecule has 2 rings (SSSR count). The summed E-state index contributed by atoms with van der Waals surface area (Å²) in [5.74, 6) is 0.617. The highest BCUT2D eigenvalue weighted by atomic mass is 16.5. The van der Waals surface area contributed by atoms with E-state index in [1.165, 1.54) is 0 Å². The van der Waals surface area contributed by atoms with Gasteiger partial charge in [0.15, 0.2) is 5.75 Å². The Morgan fingerprint density at radius 1 is 1.44 bits per heavy atom. The maximum Gasteiger partial charge on any atom is 0.162 e. The van der Waals surface area contributed by atoms with E-state index in [1.54, 1.807) is 31.2 Å². The second kappa shape index (κ2) is 5.64. The molecule has 1 atom stereocenters. The molecule has 1 N–H and O–H groups in total. The lowest BCUT2D eigenvalue weighted by molar-refractivity contribution is 0.154. The molecule has 2 aromatic heterocycles. The summed E-state index contributed by atoms with van der Waals surface area (Å²) in [5.41, 5.74) is 1.67. The summed E-state index contributed by atoms with van der Waals surface area (Å²) in [4.78, 5) is 4.23. The number of hydrogen-bond donors (Lipinski definition) is 1. The smallest absolute Gasteiger partial charge is 0.162 e. The fourth-order valence-electron chi connectivity index (χ4n) is 1.93. The zero-order chi connectivity index (χ0) is 13.0. The molecule has 0 amide bonds. The number of hydrogen-bond acceptors (Lipinski definition) is 4. The molecule has 0 saturated carbocycles. The lowest BCUT2D eigenvalue weighted by atomic mass is 10.1. The van der Waals surface area contributed by atoms with E-state index in [2.05, 4.69) is 10.1 Å². The van der Waals surface area contributed by atoms with Gasteiger partial charge in [0.1, 0.15) is 5.69 Å². The van der Waals surface area contributed by atoms with Crippen molar-refractivity contribution < 1.29 is 9.84 Å². The predicted molar refractivity (Wildman–Crippen MR) is 67.3 cm³/mol. The maximum atomic E-state index is 10.2. The van der Waals surface area contributed by atoms with Crippen LogP contribution in [0.3, 0.4) is 0 Å². The molecule has 0 fully saturated rings. The molecule has 5 nitrogen and oxygen atoms in total. The van der Waals surface area contributed by atoms with Gasteiger partial charge in [0.25, 0.3) is 0 Å². The van der Waals surface area contributed by atoms with Gasteiger partial charge in [-0.1, -0.05) is 6.07 Å². The van der Waals surface area contributed by atoms with Crippen molar-refractivity contribution in [3.63, 3.8) is 0 Å². The minimum atomic E-state index is -0.602. The molecular weight excluding hydrogens is 230 g/mol. The first-order valence-corrected chi connectivity index (χ1v) is 5.86. The Bertz CT molecular complexity index is 496. The van der Waals surface area contributed by atoms with E-state index < -0.39 is 6.10 Å². The van der Waals surface area contributed by atoms with Crippen LogP contribution in [-0.2, 0) is 13.5 Å². The molecule has 0 aliphatic heterocycles. The third-order valence-electron chi connectivity index (χ3n) is 2.88. The van der Waals surface area contributed by atoms with Crippen LogP contribution in [0, 0.1) is 0 Å². The first-order chi connectivity index (χ1) is 8.72. The number of methoxy groups -OCH3 is 1. The second-order valence-corrected chi connectivity index (χ2v) is 4.10. The Hall–Kier alpha value is -1.88. The van der Waals surface area contributed by atoms with Crippen molar-refractivity contribution in [1.29, 1.82) is 0 Å². The van der Waals surface area contributed by atoms with Crippen molar-refractivity contribution in [3.05, 3.63) is 42.0 Å². The van der Waals surface area contributed by atoms with Gasteiger partial charge in [-0.2, -0.15) is 5.10 Å². The van der Waals surface area contributed by atoms with Crippen LogP contribution in [0.25, 0.3) is 0 Å². The van der Waals surface area contributed by atoms with Crippen molar-refractivity contribution in [3.8, 4) is 5.75 Å². The van der Waals surface area contributed by atoms with Crippen LogP contribution in [0.4, 0.5) is 0 Å². The summed E-state index contributed by atoms with van der Waals surface area (Å²) in [6.45, 7) is 0. The molecule has 2 aromatic rings. The maximum absolute atomic E-state index is 10.2. The van der Waals surface area contributed by atoms with Gasteiger partial charge in [-0.15, -0.1) is 0 Å². The molecule has 0 aliphatic rings. The molecule has 2 heterocycles. The van der Waals surface area contributed by atoms with E-state index in [0.717, 1.165) is 12.1 Å². The fourth-order valence-corrected chi connectivity index (χ4v) is 1.93. The third kappa shape index (κ3) is 2.68. The average molecular weight is 247 g/mol. The van der Waals surface area contributed by atoms with Crippen molar-refractivity contribution in [2.24, 2.45) is 7.05 Å². The molecule has 0 aromatic carbocycles. The zero-order valence-electron chi connectivity index (χ0n) is 10.6. The Labute approximate surface area is 106 Å². The average Bonchev–Trinajstić information content (AvgIpc) is 2.78. The van der Waals surface area contributed by atoms with Crippen molar-refractivity contribution in [2.75, 3.05) is 7.11 Å². The molecule has 0 saturated heterocycles. The van der Waals surface area contributed by atoms with E-state index in [-0.39, 0.29) is 0 Å². The number of aryl methyl sites for hydroxylation is 2. The van der Waals surface area contributed by atoms with Gasteiger partial charge in [-0.3, -0.25) is 9.67 Å². The van der Waals surface area contributed by atoms with Crippen LogP contribution in [0.1, 0.15) is 23.9 Å². The van der Waals surface area contributed by atoms with Crippen molar-refractivity contribution in [2.45, 2.75) is 18.9 Å². The van der Waals surface area contributed by atoms with Crippen LogP contribution in [-0.4, -0.2) is 27.0 Å². The second-order valence-electron chi connectivity index (χ2n) is 4.10. The molecule has 0 bridgehead atoms. The van der Waals surface area contributed by atoms with E-state index in [0.29, 0.717) is 17.9 Å². The Morgan fingerprint density at radius 3 is 2.94 bits per heavy atom. The number of pyridine rings is 1. The largest absolute Gasteiger partial charge is 0.493 e. The van der Waals surface area contributed by atoms with Crippen LogP contribution < -0.4 is 4.74 Å². The molecular formula is C13H17N3O2. The number of ether oxygens (including phenoxy) is 1. The van der Waals surface area contributed by atoms with Gasteiger partial charge in [-0.25, -0.2) is 0 Å². The van der Waals surface area contributed by atoms with Crippen molar-refractivity contribution in [1.82, 2.24) is 14.8 Å². The standard InChI is InChI=1S/C13H17N3O2/c1-16-13(12(18-2)9-15-16)11(17)7-6-10-5-3-4-8-14-10/h3-5,8-9,11,17H,6-7H2,1-2H3. The summed E-state index contributed by atoms with van der Waals surface area (Å²) in [5, 5.41) is 14.3. The highest BCUT2D eigenvalue weighted by Gasteiger charge is 2.18. The predicted octanol–water partition coefficient (Wildman–Crippen LogP) is 1.49. The number of aliphatic hydroxyl groups excluding tert-OH is 1. The quantitative estimate of drug-likeness (QED) is 0.869. The van der Waals surface area contributed by atoms with E-state index in [9.17, 15) is 5.11 Å². The lowest BCUT2D eigenvalue weighted by Crippen LogP contribution is -2.08. The number of aromatic nitrogens is 3. The number of aliphatic hydroxyl groups is 1. The minimum Gasteiger partial charge on any atom is -0.493 e. The van der Waals surface area contributed by atoms with Crippen LogP contribution >= 0.6 is 0 Å². The Balaban J connectivity index is 2.03. The fraction of sp³-hybridized carbons (Fsp3) is 0.385. The Kier molecular flexibility index (Phi) is 3.94. The van der Waals surface area contributed by atoms with Gasteiger partial charge < -0.3 is 9.84 Å². The topological polar surface area (TPSA) is 60.2 Å². The van der Waals surface area contributed by atoms with E-state index in [4.69, 9.17) is 4.74 Å². The van der Waals surface area contributed by atoms with Gasteiger partial charge in [-0.05, 0) is 25.0 Å². The monoisotopic (exact) mass is 247 g/mol. The van der Waals surface area contributed by atoms with Crippen LogP contribution in [0.2, 0.25) is 0 Å². The number of nitrogens with zero attached hydrogens (tertiary/aromatic N) is 3. The zero-order valence-corrected chi connectivity index (χ0v) is 10.6. The normalized spacial score (nSPS) is 12.4. The number of rotatable bonds is 5. The molecule has 1 unspecified atom stereocenters. The minimum absolute atomic E-state index is 0.590. The van der Waals surface area contributed by atoms with E-state index in [1.807, 2.05) is 18.2 Å². The first kappa shape index (κ1) is 12.6. The van der Waals surface area contributed by atoms with Gasteiger partial charge in [0, 0.05) is 18.9 Å². The molecule has 5 heteroatoms. The summed E-state index contributed by atoms with van der Waals surface area (Å²) >= 11 is 0. The summed E-state index contributed by atoms with van der Waals surface area (Å²) in [6.07, 6.45) is 4.07. The molecule has 18 heavy (non-hydrogen) atoms. The molecule has 96 valence electrons. The highest BCUT2D eigenvalue weighted by molar-refractivity contribution is 5.27. The molecule has 0 spiro atoms. The third-order valence-corrected chi connectivity index (χ3v) is 2.88. The van der Waals surface area contributed by atoms with Crippen LogP contribution in [0.15, 0.2) is 30.6 Å². The Morgan fingerprint density at radius 2 is 2.28 bits per heavy atom. The summed E-state index contributed by atoms with van der Waals surface area (Å²) in [6, 6.07) is 5.77. The summed E-state index contributed by atoms with van der Waals surface area (Å²) in [7, 11) is 3.37. The lowest BCUT2D eigenvalue weighted by Gasteiger charge is -2.12. The van der Waals surface area contributed by atoms with E-state index >= 15 is 0 Å². The summed E-state index contributed by atoms with van der Waals surface area (Å²) < 4.78 is 6.82. The first-order valence-electron chi connectivity index (χ1n) is 5.86. The van der Waals surface area contributed by atoms with Crippen molar-refractivity contribution >= 4 is 0 Å². The van der Waals surface area contributed by atoms with Gasteiger partial charge in [0.05, 0.1) is 19.4 Å². The SMILES string of the molecule is COc1cnn(C)c1C(O)CCc1ccccn1. The van der Waals surface area contributed by atoms with Crippen LogP contribution in [0.5, 0.6) is 5.75 Å².